The number of hydrogen-bond donors (Lipinski definition) is 0. The van der Waals surface area contributed by atoms with Gasteiger partial charge >= 0.3 is 0 Å². The molecule has 4 rings (SSSR count). The average Bonchev–Trinajstić information content (AvgIpc) is 2.92. The van der Waals surface area contributed by atoms with Crippen LogP contribution in [0.25, 0.3) is 0 Å². The van der Waals surface area contributed by atoms with Crippen LogP contribution in [0.1, 0.15) is 108 Å². The summed E-state index contributed by atoms with van der Waals surface area (Å²) >= 11 is 0. The van der Waals surface area contributed by atoms with Crippen molar-refractivity contribution in [3.8, 4) is 5.75 Å². The highest BCUT2D eigenvalue weighted by atomic mass is 19.2. The van der Waals surface area contributed by atoms with Gasteiger partial charge in [0.2, 0.25) is 5.82 Å². The third kappa shape index (κ3) is 6.88. The van der Waals surface area contributed by atoms with E-state index in [1.165, 1.54) is 44.6 Å². The van der Waals surface area contributed by atoms with E-state index in [2.05, 4.69) is 13.5 Å². The Morgan fingerprint density at radius 2 is 1.53 bits per heavy atom. The van der Waals surface area contributed by atoms with Crippen molar-refractivity contribution in [2.24, 2.45) is 23.7 Å². The van der Waals surface area contributed by atoms with Crippen LogP contribution in [0, 0.1) is 35.3 Å². The predicted octanol–water partition coefficient (Wildman–Crippen LogP) is 9.16. The van der Waals surface area contributed by atoms with E-state index in [9.17, 15) is 13.3 Å². The lowest BCUT2D eigenvalue weighted by molar-refractivity contribution is -0.0528. The van der Waals surface area contributed by atoms with E-state index in [1.54, 1.807) is 6.07 Å². The maximum absolute atomic E-state index is 14.8. The van der Waals surface area contributed by atoms with E-state index in [4.69, 9.17) is 4.74 Å². The number of ether oxygens (including phenoxy) is 1. The highest BCUT2D eigenvalue weighted by Crippen LogP contribution is 2.42. The van der Waals surface area contributed by atoms with E-state index in [1.807, 2.05) is 6.08 Å². The topological polar surface area (TPSA) is 12.5 Å². The summed E-state index contributed by atoms with van der Waals surface area (Å²) in [6.45, 7) is 6.21. The van der Waals surface area contributed by atoms with Crippen LogP contribution in [0.3, 0.4) is 0 Å². The second-order valence-electron chi connectivity index (χ2n) is 11.7. The second kappa shape index (κ2) is 13.3. The zero-order valence-electron chi connectivity index (χ0n) is 22.2. The molecule has 0 spiro atoms. The molecule has 1 aromatic carbocycles. The Morgan fingerprint density at radius 3 is 2.14 bits per heavy atom. The van der Waals surface area contributed by atoms with Crippen molar-refractivity contribution in [2.45, 2.75) is 109 Å². The van der Waals surface area contributed by atoms with Gasteiger partial charge in [0, 0.05) is 6.04 Å². The lowest BCUT2D eigenvalue weighted by Crippen LogP contribution is -2.36. The predicted molar refractivity (Wildman–Crippen MR) is 141 cm³/mol. The third-order valence-corrected chi connectivity index (χ3v) is 9.58. The van der Waals surface area contributed by atoms with E-state index < -0.39 is 11.6 Å². The van der Waals surface area contributed by atoms with Crippen molar-refractivity contribution < 1.29 is 18.0 Å². The number of hydrogen-bond acceptors (Lipinski definition) is 2. The summed E-state index contributed by atoms with van der Waals surface area (Å²) in [5, 5.41) is 0.870. The minimum atomic E-state index is -0.946. The van der Waals surface area contributed by atoms with Crippen LogP contribution in [-0.4, -0.2) is 24.3 Å². The fourth-order valence-corrected chi connectivity index (χ4v) is 7.27. The van der Waals surface area contributed by atoms with Gasteiger partial charge in [0.05, 0.1) is 6.54 Å². The Bertz CT molecular complexity index is 821. The molecule has 0 bridgehead atoms. The molecular formula is C31H46F3NO. The van der Waals surface area contributed by atoms with Crippen molar-refractivity contribution in [2.75, 3.05) is 13.2 Å². The van der Waals surface area contributed by atoms with E-state index in [0.717, 1.165) is 74.2 Å². The largest absolute Gasteiger partial charge is 0.489 e. The van der Waals surface area contributed by atoms with Gasteiger partial charge in [-0.05, 0) is 105 Å². The van der Waals surface area contributed by atoms with Crippen molar-refractivity contribution in [3.63, 3.8) is 0 Å². The molecule has 0 amide bonds. The van der Waals surface area contributed by atoms with Gasteiger partial charge in [-0.3, -0.25) is 0 Å². The number of nitrogens with zero attached hydrogens (tertiary/aromatic N) is 1. The summed E-state index contributed by atoms with van der Waals surface area (Å²) in [5.74, 6) is 1.13. The summed E-state index contributed by atoms with van der Waals surface area (Å²) < 4.78 is 49.8. The summed E-state index contributed by atoms with van der Waals surface area (Å²) in [4.78, 5) is 0. The highest BCUT2D eigenvalue weighted by molar-refractivity contribution is 5.33. The second-order valence-corrected chi connectivity index (χ2v) is 11.7. The summed E-state index contributed by atoms with van der Waals surface area (Å²) in [7, 11) is 0. The summed E-state index contributed by atoms with van der Waals surface area (Å²) in [6, 6.07) is 3.07. The van der Waals surface area contributed by atoms with Gasteiger partial charge in [0.15, 0.2) is 11.6 Å². The van der Waals surface area contributed by atoms with Crippen LogP contribution in [-0.2, 0) is 0 Å². The van der Waals surface area contributed by atoms with Crippen molar-refractivity contribution >= 4 is 0 Å². The molecule has 0 aromatic heterocycles. The minimum Gasteiger partial charge on any atom is -0.489 e. The van der Waals surface area contributed by atoms with Crippen molar-refractivity contribution in [1.29, 1.82) is 0 Å². The zero-order chi connectivity index (χ0) is 25.5. The number of allylic oxidation sites excluding steroid dienone is 1. The van der Waals surface area contributed by atoms with Crippen LogP contribution in [0.15, 0.2) is 24.8 Å². The standard InChI is InChI=1S/C31H46F3NO/c1-3-5-23-8-10-24(11-9-23)25-14-16-27(17-15-25)35(34)20-21-36-29-19-18-28(30(32)31(29)33)26-12-6-22(4-2)7-13-26/h4,18-19,22-27H,2-3,5-17,20-21H2,1H3. The molecule has 3 aliphatic carbocycles. The molecule has 36 heavy (non-hydrogen) atoms. The van der Waals surface area contributed by atoms with Crippen LogP contribution >= 0.6 is 0 Å². The first-order valence-corrected chi connectivity index (χ1v) is 14.7. The molecule has 5 heteroatoms. The molecule has 0 N–H and O–H groups in total. The molecule has 3 saturated carbocycles. The Morgan fingerprint density at radius 1 is 0.889 bits per heavy atom. The number of rotatable bonds is 10. The SMILES string of the molecule is C=CC1CCC(c2ccc(OCCN(F)C3CCC(C4CCC(CCC)CC4)CC3)c(F)c2F)CC1. The monoisotopic (exact) mass is 505 g/mol. The molecule has 1 aromatic rings. The summed E-state index contributed by atoms with van der Waals surface area (Å²) in [6.07, 6.45) is 17.6. The Balaban J connectivity index is 1.19. The molecule has 202 valence electrons. The smallest absolute Gasteiger partial charge is 0.200 e. The van der Waals surface area contributed by atoms with Crippen LogP contribution in [0.4, 0.5) is 13.3 Å². The van der Waals surface area contributed by atoms with Crippen molar-refractivity contribution in [3.05, 3.63) is 42.0 Å². The van der Waals surface area contributed by atoms with Gasteiger partial charge in [0.1, 0.15) is 6.61 Å². The van der Waals surface area contributed by atoms with E-state index in [-0.39, 0.29) is 30.9 Å². The fourth-order valence-electron chi connectivity index (χ4n) is 7.27. The molecule has 0 aliphatic heterocycles. The van der Waals surface area contributed by atoms with Gasteiger partial charge in [-0.1, -0.05) is 44.7 Å². The van der Waals surface area contributed by atoms with Gasteiger partial charge in [-0.2, -0.15) is 4.39 Å². The Hall–Kier alpha value is -1.49. The van der Waals surface area contributed by atoms with Crippen LogP contribution < -0.4 is 4.74 Å². The molecule has 2 nitrogen and oxygen atoms in total. The normalized spacial score (nSPS) is 31.4. The summed E-state index contributed by atoms with van der Waals surface area (Å²) in [5.41, 5.74) is 0.435. The Labute approximate surface area is 216 Å². The molecule has 0 heterocycles. The van der Waals surface area contributed by atoms with E-state index in [0.29, 0.717) is 11.5 Å². The highest BCUT2D eigenvalue weighted by Gasteiger charge is 2.33. The average molecular weight is 506 g/mol. The Kier molecular flexibility index (Phi) is 10.2. The van der Waals surface area contributed by atoms with Gasteiger partial charge < -0.3 is 4.74 Å². The number of benzene rings is 1. The molecule has 3 aliphatic rings. The zero-order valence-corrected chi connectivity index (χ0v) is 22.2. The molecule has 0 atom stereocenters. The van der Waals surface area contributed by atoms with Gasteiger partial charge in [-0.25, -0.2) is 4.39 Å². The van der Waals surface area contributed by atoms with Gasteiger partial charge in [0.25, 0.3) is 0 Å². The maximum Gasteiger partial charge on any atom is 0.200 e. The minimum absolute atomic E-state index is 0.0119. The van der Waals surface area contributed by atoms with Crippen LogP contribution in [0.5, 0.6) is 5.75 Å². The molecule has 0 saturated heterocycles. The fraction of sp³-hybridized carbons (Fsp3) is 0.742. The lowest BCUT2D eigenvalue weighted by Gasteiger charge is -2.38. The van der Waals surface area contributed by atoms with Gasteiger partial charge in [-0.15, -0.1) is 16.2 Å². The first kappa shape index (κ1) is 27.5. The van der Waals surface area contributed by atoms with Crippen molar-refractivity contribution in [1.82, 2.24) is 5.12 Å². The quantitative estimate of drug-likeness (QED) is 0.232. The third-order valence-electron chi connectivity index (χ3n) is 9.58. The lowest BCUT2D eigenvalue weighted by atomic mass is 9.69. The first-order chi connectivity index (χ1) is 17.5. The molecule has 0 radical (unpaired) electrons. The maximum atomic E-state index is 14.8. The molecular weight excluding hydrogens is 459 g/mol. The first-order valence-electron chi connectivity index (χ1n) is 14.7. The van der Waals surface area contributed by atoms with E-state index >= 15 is 0 Å². The molecule has 0 unspecified atom stereocenters. The molecule has 3 fully saturated rings. The number of halogens is 3. The van der Waals surface area contributed by atoms with Crippen LogP contribution in [0.2, 0.25) is 0 Å².